The van der Waals surface area contributed by atoms with E-state index < -0.39 is 0 Å². The molecule has 2 N–H and O–H groups in total. The van der Waals surface area contributed by atoms with Crippen molar-refractivity contribution in [3.05, 3.63) is 34.3 Å². The Hall–Kier alpha value is -0.830. The third-order valence-corrected chi connectivity index (χ3v) is 2.93. The van der Waals surface area contributed by atoms with E-state index in [4.69, 9.17) is 5.73 Å². The zero-order valence-electron chi connectivity index (χ0n) is 7.03. The lowest BCUT2D eigenvalue weighted by atomic mass is 10.1. The van der Waals surface area contributed by atoms with Crippen molar-refractivity contribution in [3.63, 3.8) is 0 Å². The van der Waals surface area contributed by atoms with E-state index in [-0.39, 0.29) is 11.8 Å². The van der Waals surface area contributed by atoms with Crippen molar-refractivity contribution in [1.82, 2.24) is 0 Å². The van der Waals surface area contributed by atoms with Crippen LogP contribution in [0.15, 0.2) is 28.7 Å². The number of hydrogen-bond acceptors (Lipinski definition) is 1. The van der Waals surface area contributed by atoms with E-state index in [0.717, 1.165) is 10.9 Å². The first-order chi connectivity index (χ1) is 6.18. The van der Waals surface area contributed by atoms with Gasteiger partial charge in [0.25, 0.3) is 0 Å². The minimum absolute atomic E-state index is 0.0642. The number of hydrogen-bond donors (Lipinski definition) is 1. The molecule has 3 heteroatoms. The normalized spacial score (nSPS) is 25.6. The lowest BCUT2D eigenvalue weighted by Crippen LogP contribution is -2.13. The Bertz CT molecular complexity index is 351. The van der Waals surface area contributed by atoms with Crippen molar-refractivity contribution in [2.75, 3.05) is 0 Å². The van der Waals surface area contributed by atoms with Crippen molar-refractivity contribution in [2.45, 2.75) is 12.3 Å². The fourth-order valence-corrected chi connectivity index (χ4v) is 2.03. The molecule has 1 aromatic rings. The molecule has 1 fully saturated rings. The molecule has 2 unspecified atom stereocenters. The van der Waals surface area contributed by atoms with Crippen LogP contribution in [0, 0.1) is 5.92 Å². The number of carbonyl (C=O) groups excluding carboxylic acids is 1. The number of primary amides is 1. The maximum absolute atomic E-state index is 10.8. The molecule has 0 saturated heterocycles. The minimum atomic E-state index is -0.176. The van der Waals surface area contributed by atoms with Crippen LogP contribution >= 0.6 is 15.9 Å². The van der Waals surface area contributed by atoms with E-state index in [1.165, 1.54) is 5.56 Å². The Morgan fingerprint density at radius 2 is 2.31 bits per heavy atom. The van der Waals surface area contributed by atoms with Crippen LogP contribution in [0.1, 0.15) is 17.9 Å². The van der Waals surface area contributed by atoms with Gasteiger partial charge in [-0.15, -0.1) is 0 Å². The maximum atomic E-state index is 10.8. The summed E-state index contributed by atoms with van der Waals surface area (Å²) < 4.78 is 1.06. The maximum Gasteiger partial charge on any atom is 0.221 e. The fraction of sp³-hybridized carbons (Fsp3) is 0.300. The van der Waals surface area contributed by atoms with Gasteiger partial charge in [0.1, 0.15) is 0 Å². The van der Waals surface area contributed by atoms with Gasteiger partial charge < -0.3 is 5.73 Å². The van der Waals surface area contributed by atoms with E-state index >= 15 is 0 Å². The average molecular weight is 240 g/mol. The SMILES string of the molecule is NC(=O)C1CC1c1cccc(Br)c1. The van der Waals surface area contributed by atoms with Crippen LogP contribution in [0.2, 0.25) is 0 Å². The zero-order valence-corrected chi connectivity index (χ0v) is 8.62. The topological polar surface area (TPSA) is 43.1 Å². The molecule has 0 aliphatic heterocycles. The summed E-state index contributed by atoms with van der Waals surface area (Å²) in [5, 5.41) is 0. The molecule has 1 saturated carbocycles. The molecule has 13 heavy (non-hydrogen) atoms. The van der Waals surface area contributed by atoms with Crippen LogP contribution in [0.4, 0.5) is 0 Å². The first-order valence-electron chi connectivity index (χ1n) is 4.23. The molecular formula is C10H10BrNO. The van der Waals surface area contributed by atoms with Gasteiger partial charge in [0.05, 0.1) is 0 Å². The molecule has 0 bridgehead atoms. The standard InChI is InChI=1S/C10H10BrNO/c11-7-3-1-2-6(4-7)8-5-9(8)10(12)13/h1-4,8-9H,5H2,(H2,12,13). The lowest BCUT2D eigenvalue weighted by Gasteiger charge is -1.98. The van der Waals surface area contributed by atoms with E-state index in [2.05, 4.69) is 15.9 Å². The monoisotopic (exact) mass is 239 g/mol. The molecule has 2 nitrogen and oxygen atoms in total. The quantitative estimate of drug-likeness (QED) is 0.844. The number of nitrogens with two attached hydrogens (primary N) is 1. The molecule has 1 aromatic carbocycles. The van der Waals surface area contributed by atoms with E-state index in [9.17, 15) is 4.79 Å². The van der Waals surface area contributed by atoms with Gasteiger partial charge in [-0.2, -0.15) is 0 Å². The predicted octanol–water partition coefficient (Wildman–Crippen LogP) is 2.04. The van der Waals surface area contributed by atoms with E-state index in [1.807, 2.05) is 24.3 Å². The van der Waals surface area contributed by atoms with Crippen molar-refractivity contribution in [3.8, 4) is 0 Å². The number of rotatable bonds is 2. The Balaban J connectivity index is 2.16. The second-order valence-corrected chi connectivity index (χ2v) is 4.32. The highest BCUT2D eigenvalue weighted by atomic mass is 79.9. The summed E-state index contributed by atoms with van der Waals surface area (Å²) in [6.45, 7) is 0. The minimum Gasteiger partial charge on any atom is -0.369 e. The predicted molar refractivity (Wildman–Crippen MR) is 54.2 cm³/mol. The Kier molecular flexibility index (Phi) is 2.12. The number of halogens is 1. The van der Waals surface area contributed by atoms with Crippen LogP contribution in [0.5, 0.6) is 0 Å². The summed E-state index contributed by atoms with van der Waals surface area (Å²) >= 11 is 3.40. The van der Waals surface area contributed by atoms with Gasteiger partial charge in [0, 0.05) is 10.4 Å². The van der Waals surface area contributed by atoms with Crippen molar-refractivity contribution in [2.24, 2.45) is 11.7 Å². The second kappa shape index (κ2) is 3.14. The van der Waals surface area contributed by atoms with Gasteiger partial charge in [-0.3, -0.25) is 4.79 Å². The van der Waals surface area contributed by atoms with Crippen molar-refractivity contribution < 1.29 is 4.79 Å². The van der Waals surface area contributed by atoms with Gasteiger partial charge in [-0.1, -0.05) is 28.1 Å². The molecule has 0 radical (unpaired) electrons. The van der Waals surface area contributed by atoms with Crippen LogP contribution in [-0.4, -0.2) is 5.91 Å². The first kappa shape index (κ1) is 8.75. The number of benzene rings is 1. The second-order valence-electron chi connectivity index (χ2n) is 3.41. The highest BCUT2D eigenvalue weighted by molar-refractivity contribution is 9.10. The summed E-state index contributed by atoms with van der Waals surface area (Å²) in [4.78, 5) is 10.8. The van der Waals surface area contributed by atoms with Crippen molar-refractivity contribution >= 4 is 21.8 Å². The van der Waals surface area contributed by atoms with Crippen LogP contribution < -0.4 is 5.73 Å². The summed E-state index contributed by atoms with van der Waals surface area (Å²) in [6.07, 6.45) is 0.909. The smallest absolute Gasteiger partial charge is 0.221 e. The fourth-order valence-electron chi connectivity index (χ4n) is 1.62. The molecule has 68 valence electrons. The Labute approximate surface area is 85.3 Å². The van der Waals surface area contributed by atoms with Crippen molar-refractivity contribution in [1.29, 1.82) is 0 Å². The largest absolute Gasteiger partial charge is 0.369 e. The molecule has 2 atom stereocenters. The Morgan fingerprint density at radius 3 is 2.85 bits per heavy atom. The van der Waals surface area contributed by atoms with Gasteiger partial charge in [-0.25, -0.2) is 0 Å². The molecule has 1 aliphatic rings. The lowest BCUT2D eigenvalue weighted by molar-refractivity contribution is -0.119. The first-order valence-corrected chi connectivity index (χ1v) is 5.02. The van der Waals surface area contributed by atoms with Gasteiger partial charge >= 0.3 is 0 Å². The molecule has 0 heterocycles. The molecule has 0 spiro atoms. The van der Waals surface area contributed by atoms with E-state index in [0.29, 0.717) is 5.92 Å². The molecular weight excluding hydrogens is 230 g/mol. The number of amides is 1. The molecule has 1 aliphatic carbocycles. The van der Waals surface area contributed by atoms with Crippen LogP contribution in [0.3, 0.4) is 0 Å². The summed E-state index contributed by atoms with van der Waals surface area (Å²) in [5.74, 6) is 0.245. The summed E-state index contributed by atoms with van der Waals surface area (Å²) in [7, 11) is 0. The van der Waals surface area contributed by atoms with E-state index in [1.54, 1.807) is 0 Å². The average Bonchev–Trinajstić information content (AvgIpc) is 2.82. The number of carbonyl (C=O) groups is 1. The molecule has 0 aromatic heterocycles. The summed E-state index contributed by atoms with van der Waals surface area (Å²) in [5.41, 5.74) is 6.42. The zero-order chi connectivity index (χ0) is 9.42. The third-order valence-electron chi connectivity index (χ3n) is 2.43. The van der Waals surface area contributed by atoms with Crippen LogP contribution in [0.25, 0.3) is 0 Å². The highest BCUT2D eigenvalue weighted by Gasteiger charge is 2.42. The third kappa shape index (κ3) is 1.75. The Morgan fingerprint density at radius 1 is 1.54 bits per heavy atom. The molecule has 2 rings (SSSR count). The van der Waals surface area contributed by atoms with Crippen LogP contribution in [-0.2, 0) is 4.79 Å². The van der Waals surface area contributed by atoms with Gasteiger partial charge in [0.15, 0.2) is 0 Å². The van der Waals surface area contributed by atoms with Gasteiger partial charge in [-0.05, 0) is 30.0 Å². The molecule has 1 amide bonds. The van der Waals surface area contributed by atoms with Gasteiger partial charge in [0.2, 0.25) is 5.91 Å². The summed E-state index contributed by atoms with van der Waals surface area (Å²) in [6, 6.07) is 8.05. The highest BCUT2D eigenvalue weighted by Crippen LogP contribution is 2.47.